The van der Waals surface area contributed by atoms with Crippen molar-refractivity contribution in [3.63, 3.8) is 0 Å². The first kappa shape index (κ1) is 19.5. The predicted molar refractivity (Wildman–Crippen MR) is 100 cm³/mol. The first-order chi connectivity index (χ1) is 12.5. The number of ether oxygens (including phenoxy) is 1. The van der Waals surface area contributed by atoms with Gasteiger partial charge in [-0.3, -0.25) is 9.59 Å². The minimum atomic E-state index is -1.16. The molecule has 0 bridgehead atoms. The summed E-state index contributed by atoms with van der Waals surface area (Å²) in [5.41, 5.74) is 0.544. The third-order valence-electron chi connectivity index (χ3n) is 4.40. The highest BCUT2D eigenvalue weighted by atomic mass is 16.5. The molecule has 1 unspecified atom stereocenters. The van der Waals surface area contributed by atoms with E-state index in [-0.39, 0.29) is 12.5 Å². The summed E-state index contributed by atoms with van der Waals surface area (Å²) in [4.78, 5) is 23.9. The average molecular weight is 355 g/mol. The molecule has 0 spiro atoms. The number of benzene rings is 2. The maximum Gasteiger partial charge on any atom is 0.315 e. The summed E-state index contributed by atoms with van der Waals surface area (Å²) in [6.07, 6.45) is 0.895. The van der Waals surface area contributed by atoms with Crippen LogP contribution in [0, 0.1) is 0 Å². The van der Waals surface area contributed by atoms with E-state index in [1.807, 2.05) is 37.3 Å². The van der Waals surface area contributed by atoms with Crippen LogP contribution in [0.5, 0.6) is 5.75 Å². The Labute approximate surface area is 154 Å². The average Bonchev–Trinajstić information content (AvgIpc) is 2.66. The molecule has 2 N–H and O–H groups in total. The van der Waals surface area contributed by atoms with Gasteiger partial charge < -0.3 is 15.2 Å². The molecule has 0 aliphatic rings. The van der Waals surface area contributed by atoms with Crippen LogP contribution in [0.4, 0.5) is 0 Å². The van der Waals surface area contributed by atoms with Gasteiger partial charge in [0.05, 0.1) is 6.61 Å². The molecular weight excluding hydrogens is 330 g/mol. The zero-order valence-corrected chi connectivity index (χ0v) is 15.2. The molecule has 0 aromatic heterocycles. The Balaban J connectivity index is 1.89. The largest absolute Gasteiger partial charge is 0.494 e. The molecule has 2 aromatic rings. The molecule has 26 heavy (non-hydrogen) atoms. The van der Waals surface area contributed by atoms with Crippen LogP contribution in [0.15, 0.2) is 54.6 Å². The van der Waals surface area contributed by atoms with E-state index < -0.39 is 11.4 Å². The lowest BCUT2D eigenvalue weighted by molar-refractivity contribution is -0.143. The number of carbonyl (C=O) groups excluding carboxylic acids is 1. The van der Waals surface area contributed by atoms with E-state index in [4.69, 9.17) is 4.74 Å². The van der Waals surface area contributed by atoms with Crippen LogP contribution in [-0.4, -0.2) is 30.1 Å². The fourth-order valence-electron chi connectivity index (χ4n) is 2.65. The molecule has 0 saturated heterocycles. The number of carboxylic acid groups (broad SMARTS) is 1. The second-order valence-electron chi connectivity index (χ2n) is 6.36. The van der Waals surface area contributed by atoms with Crippen molar-refractivity contribution in [1.29, 1.82) is 0 Å². The maximum atomic E-state index is 12.2. The highest BCUT2D eigenvalue weighted by molar-refractivity contribution is 5.83. The lowest BCUT2D eigenvalue weighted by atomic mass is 9.82. The van der Waals surface area contributed by atoms with Gasteiger partial charge in [0, 0.05) is 13.0 Å². The van der Waals surface area contributed by atoms with Crippen molar-refractivity contribution in [2.45, 2.75) is 32.1 Å². The molecule has 1 amide bonds. The Morgan fingerprint density at radius 2 is 1.73 bits per heavy atom. The van der Waals surface area contributed by atoms with E-state index in [1.54, 1.807) is 31.2 Å². The Hall–Kier alpha value is -2.82. The van der Waals surface area contributed by atoms with E-state index in [0.717, 1.165) is 11.3 Å². The predicted octanol–water partition coefficient (Wildman–Crippen LogP) is 3.18. The third kappa shape index (κ3) is 5.09. The van der Waals surface area contributed by atoms with Gasteiger partial charge in [-0.25, -0.2) is 0 Å². The van der Waals surface area contributed by atoms with Crippen molar-refractivity contribution >= 4 is 11.9 Å². The molecule has 5 nitrogen and oxygen atoms in total. The van der Waals surface area contributed by atoms with E-state index in [0.29, 0.717) is 25.0 Å². The van der Waals surface area contributed by atoms with Gasteiger partial charge in [-0.1, -0.05) is 42.5 Å². The minimum Gasteiger partial charge on any atom is -0.494 e. The van der Waals surface area contributed by atoms with Crippen LogP contribution in [0.1, 0.15) is 31.4 Å². The number of carboxylic acids is 1. The van der Waals surface area contributed by atoms with Gasteiger partial charge in [0.25, 0.3) is 0 Å². The van der Waals surface area contributed by atoms with Crippen LogP contribution in [0.3, 0.4) is 0 Å². The fraction of sp³-hybridized carbons (Fsp3) is 0.333. The Bertz CT molecular complexity index is 727. The molecule has 0 fully saturated rings. The molecule has 1 atom stereocenters. The van der Waals surface area contributed by atoms with E-state index >= 15 is 0 Å². The normalized spacial score (nSPS) is 12.8. The summed E-state index contributed by atoms with van der Waals surface area (Å²) >= 11 is 0. The third-order valence-corrected chi connectivity index (χ3v) is 4.40. The number of rotatable bonds is 9. The summed E-state index contributed by atoms with van der Waals surface area (Å²) in [7, 11) is 0. The zero-order valence-electron chi connectivity index (χ0n) is 15.2. The van der Waals surface area contributed by atoms with Crippen LogP contribution in [0.25, 0.3) is 0 Å². The number of nitrogens with one attached hydrogen (secondary N) is 1. The summed E-state index contributed by atoms with van der Waals surface area (Å²) in [5, 5.41) is 12.4. The second kappa shape index (κ2) is 9.04. The molecule has 0 aliphatic heterocycles. The highest BCUT2D eigenvalue weighted by Gasteiger charge is 2.35. The van der Waals surface area contributed by atoms with Crippen LogP contribution in [0.2, 0.25) is 0 Å². The summed E-state index contributed by atoms with van der Waals surface area (Å²) in [6, 6.07) is 16.6. The first-order valence-corrected chi connectivity index (χ1v) is 8.73. The van der Waals surface area contributed by atoms with Gasteiger partial charge in [0.1, 0.15) is 11.2 Å². The SMILES string of the molecule is CCOc1ccc(CCC(=O)NCC(C)(C(=O)O)c2ccccc2)cc1. The van der Waals surface area contributed by atoms with Crippen molar-refractivity contribution in [2.24, 2.45) is 0 Å². The number of aryl methyl sites for hydroxylation is 1. The molecular formula is C21H25NO4. The molecule has 2 aromatic carbocycles. The number of amides is 1. The van der Waals surface area contributed by atoms with E-state index in [2.05, 4.69) is 5.32 Å². The smallest absolute Gasteiger partial charge is 0.315 e. The van der Waals surface area contributed by atoms with Crippen LogP contribution in [-0.2, 0) is 21.4 Å². The van der Waals surface area contributed by atoms with Gasteiger partial charge in [-0.2, -0.15) is 0 Å². The van der Waals surface area contributed by atoms with Gasteiger partial charge in [0.2, 0.25) is 5.91 Å². The molecule has 138 valence electrons. The summed E-state index contributed by atoms with van der Waals surface area (Å²) in [6.45, 7) is 4.22. The van der Waals surface area contributed by atoms with Crippen LogP contribution < -0.4 is 10.1 Å². The van der Waals surface area contributed by atoms with Gasteiger partial charge in [-0.05, 0) is 43.5 Å². The van der Waals surface area contributed by atoms with Crippen molar-refractivity contribution < 1.29 is 19.4 Å². The second-order valence-corrected chi connectivity index (χ2v) is 6.36. The number of hydrogen-bond donors (Lipinski definition) is 2. The van der Waals surface area contributed by atoms with Gasteiger partial charge >= 0.3 is 5.97 Å². The quantitative estimate of drug-likeness (QED) is 0.724. The molecule has 0 saturated carbocycles. The van der Waals surface area contributed by atoms with E-state index in [9.17, 15) is 14.7 Å². The Morgan fingerprint density at radius 1 is 1.08 bits per heavy atom. The van der Waals surface area contributed by atoms with Crippen molar-refractivity contribution in [3.05, 3.63) is 65.7 Å². The molecule has 0 aliphatic carbocycles. The lowest BCUT2D eigenvalue weighted by Gasteiger charge is -2.25. The van der Waals surface area contributed by atoms with Crippen LogP contribution >= 0.6 is 0 Å². The highest BCUT2D eigenvalue weighted by Crippen LogP contribution is 2.23. The number of aliphatic carboxylic acids is 1. The molecule has 0 heterocycles. The standard InChI is InChI=1S/C21H25NO4/c1-3-26-18-12-9-16(10-13-18)11-14-19(23)22-15-21(2,20(24)25)17-7-5-4-6-8-17/h4-10,12-13H,3,11,14-15H2,1-2H3,(H,22,23)(H,24,25). The van der Waals surface area contributed by atoms with E-state index in [1.165, 1.54) is 0 Å². The first-order valence-electron chi connectivity index (χ1n) is 8.73. The monoisotopic (exact) mass is 355 g/mol. The minimum absolute atomic E-state index is 0.0501. The number of carbonyl (C=O) groups is 2. The van der Waals surface area contributed by atoms with Gasteiger partial charge in [-0.15, -0.1) is 0 Å². The van der Waals surface area contributed by atoms with Gasteiger partial charge in [0.15, 0.2) is 0 Å². The van der Waals surface area contributed by atoms with Crippen molar-refractivity contribution in [3.8, 4) is 5.75 Å². The fourth-order valence-corrected chi connectivity index (χ4v) is 2.65. The Kier molecular flexibility index (Phi) is 6.78. The lowest BCUT2D eigenvalue weighted by Crippen LogP contribution is -2.44. The maximum absolute atomic E-state index is 12.2. The molecule has 0 radical (unpaired) electrons. The molecule has 5 heteroatoms. The summed E-state index contributed by atoms with van der Waals surface area (Å²) < 4.78 is 5.39. The molecule has 2 rings (SSSR count). The summed E-state index contributed by atoms with van der Waals surface area (Å²) in [5.74, 6) is -0.321. The Morgan fingerprint density at radius 3 is 2.31 bits per heavy atom. The van der Waals surface area contributed by atoms with Crippen molar-refractivity contribution in [1.82, 2.24) is 5.32 Å². The zero-order chi connectivity index (χ0) is 19.0. The number of hydrogen-bond acceptors (Lipinski definition) is 3. The topological polar surface area (TPSA) is 75.6 Å². The van der Waals surface area contributed by atoms with Crippen molar-refractivity contribution in [2.75, 3.05) is 13.2 Å².